The number of aromatic nitrogens is 4. The van der Waals surface area contributed by atoms with E-state index in [-0.39, 0.29) is 0 Å². The van der Waals surface area contributed by atoms with Crippen LogP contribution in [0.25, 0.3) is 27.3 Å². The van der Waals surface area contributed by atoms with E-state index in [9.17, 15) is 0 Å². The van der Waals surface area contributed by atoms with Gasteiger partial charge in [0.05, 0.1) is 22.9 Å². The van der Waals surface area contributed by atoms with Crippen LogP contribution in [0.1, 0.15) is 25.5 Å². The standard InChI is InChI=1S/C17H18N4/c1-3-4-9-20-16-8-6-5-7-14(16)15-10-13-11-18-19-21(13)12(2)17(15)20/h5-8,10-11H,3-4,9H2,1-2H3. The van der Waals surface area contributed by atoms with E-state index in [1.807, 2.05) is 10.7 Å². The first kappa shape index (κ1) is 12.4. The second-order valence-corrected chi connectivity index (χ2v) is 5.59. The van der Waals surface area contributed by atoms with Crippen molar-refractivity contribution in [3.8, 4) is 0 Å². The van der Waals surface area contributed by atoms with E-state index in [0.717, 1.165) is 17.8 Å². The zero-order chi connectivity index (χ0) is 14.4. The van der Waals surface area contributed by atoms with Crippen molar-refractivity contribution in [1.82, 2.24) is 19.4 Å². The van der Waals surface area contributed by atoms with E-state index < -0.39 is 0 Å². The van der Waals surface area contributed by atoms with E-state index in [1.54, 1.807) is 0 Å². The number of pyridine rings is 1. The number of hydrogen-bond donors (Lipinski definition) is 0. The lowest BCUT2D eigenvalue weighted by Gasteiger charge is -2.09. The van der Waals surface area contributed by atoms with Gasteiger partial charge in [0.25, 0.3) is 0 Å². The number of aryl methyl sites for hydroxylation is 2. The maximum Gasteiger partial charge on any atom is 0.0875 e. The van der Waals surface area contributed by atoms with Crippen molar-refractivity contribution in [2.24, 2.45) is 0 Å². The summed E-state index contributed by atoms with van der Waals surface area (Å²) in [6.45, 7) is 5.41. The van der Waals surface area contributed by atoms with Crippen molar-refractivity contribution in [3.63, 3.8) is 0 Å². The molecule has 1 aromatic carbocycles. The summed E-state index contributed by atoms with van der Waals surface area (Å²) < 4.78 is 4.37. The maximum atomic E-state index is 4.21. The molecular weight excluding hydrogens is 260 g/mol. The zero-order valence-electron chi connectivity index (χ0n) is 12.4. The van der Waals surface area contributed by atoms with Crippen molar-refractivity contribution >= 4 is 27.3 Å². The molecule has 21 heavy (non-hydrogen) atoms. The fourth-order valence-electron chi connectivity index (χ4n) is 3.27. The van der Waals surface area contributed by atoms with Crippen LogP contribution in [0.3, 0.4) is 0 Å². The molecule has 4 aromatic rings. The van der Waals surface area contributed by atoms with Crippen LogP contribution in [0.4, 0.5) is 0 Å². The van der Waals surface area contributed by atoms with Crippen molar-refractivity contribution in [3.05, 3.63) is 42.2 Å². The third-order valence-electron chi connectivity index (χ3n) is 4.27. The Morgan fingerprint density at radius 1 is 1.14 bits per heavy atom. The van der Waals surface area contributed by atoms with Gasteiger partial charge in [0, 0.05) is 22.8 Å². The first-order valence-electron chi connectivity index (χ1n) is 7.52. The fraction of sp³-hybridized carbons (Fsp3) is 0.294. The molecule has 3 aromatic heterocycles. The third-order valence-corrected chi connectivity index (χ3v) is 4.27. The maximum absolute atomic E-state index is 4.21. The van der Waals surface area contributed by atoms with Gasteiger partial charge >= 0.3 is 0 Å². The predicted molar refractivity (Wildman–Crippen MR) is 85.6 cm³/mol. The second-order valence-electron chi connectivity index (χ2n) is 5.59. The first-order valence-corrected chi connectivity index (χ1v) is 7.52. The summed E-state index contributed by atoms with van der Waals surface area (Å²) in [6, 6.07) is 10.9. The minimum atomic E-state index is 1.04. The van der Waals surface area contributed by atoms with Crippen LogP contribution in [0.15, 0.2) is 36.5 Å². The molecule has 0 atom stereocenters. The van der Waals surface area contributed by atoms with E-state index in [1.165, 1.54) is 34.6 Å². The summed E-state index contributed by atoms with van der Waals surface area (Å²) in [6.07, 6.45) is 4.20. The van der Waals surface area contributed by atoms with Crippen LogP contribution in [0.2, 0.25) is 0 Å². The molecule has 4 heteroatoms. The molecule has 0 bridgehead atoms. The number of para-hydroxylation sites is 1. The van der Waals surface area contributed by atoms with E-state index in [4.69, 9.17) is 0 Å². The molecule has 0 aliphatic heterocycles. The van der Waals surface area contributed by atoms with Crippen molar-refractivity contribution in [2.45, 2.75) is 33.2 Å². The molecule has 106 valence electrons. The lowest BCUT2D eigenvalue weighted by molar-refractivity contribution is 0.661. The summed E-state index contributed by atoms with van der Waals surface area (Å²) in [5.41, 5.74) is 4.80. The number of hydrogen-bond acceptors (Lipinski definition) is 2. The van der Waals surface area contributed by atoms with Gasteiger partial charge in [-0.1, -0.05) is 36.8 Å². The Morgan fingerprint density at radius 2 is 2.00 bits per heavy atom. The van der Waals surface area contributed by atoms with Gasteiger partial charge in [0.1, 0.15) is 0 Å². The molecule has 4 rings (SSSR count). The molecule has 0 fully saturated rings. The Hall–Kier alpha value is -2.36. The highest BCUT2D eigenvalue weighted by Gasteiger charge is 2.15. The molecule has 0 amide bonds. The number of benzene rings is 1. The Balaban J connectivity index is 2.19. The van der Waals surface area contributed by atoms with Crippen molar-refractivity contribution in [1.29, 1.82) is 0 Å². The summed E-state index contributed by atoms with van der Waals surface area (Å²) in [4.78, 5) is 0. The first-order chi connectivity index (χ1) is 10.3. The summed E-state index contributed by atoms with van der Waals surface area (Å²) in [5.74, 6) is 0. The highest BCUT2D eigenvalue weighted by atomic mass is 15.4. The molecular formula is C17H18N4. The topological polar surface area (TPSA) is 35.1 Å². The smallest absolute Gasteiger partial charge is 0.0875 e. The number of unbranched alkanes of at least 4 members (excludes halogenated alkanes) is 1. The summed E-state index contributed by atoms with van der Waals surface area (Å²) in [5, 5.41) is 10.9. The number of rotatable bonds is 3. The van der Waals surface area contributed by atoms with Gasteiger partial charge in [-0.05, 0) is 25.5 Å². The minimum absolute atomic E-state index is 1.04. The highest BCUT2D eigenvalue weighted by molar-refractivity contribution is 6.09. The summed E-state index contributed by atoms with van der Waals surface area (Å²) in [7, 11) is 0. The lowest BCUT2D eigenvalue weighted by atomic mass is 10.1. The van der Waals surface area contributed by atoms with Gasteiger partial charge in [0.2, 0.25) is 0 Å². The molecule has 0 aliphatic carbocycles. The molecule has 0 radical (unpaired) electrons. The van der Waals surface area contributed by atoms with Crippen molar-refractivity contribution in [2.75, 3.05) is 0 Å². The zero-order valence-corrected chi connectivity index (χ0v) is 12.4. The predicted octanol–water partition coefficient (Wildman–Crippen LogP) is 3.95. The van der Waals surface area contributed by atoms with Crippen LogP contribution in [0, 0.1) is 6.92 Å². The molecule has 0 saturated heterocycles. The van der Waals surface area contributed by atoms with Gasteiger partial charge in [-0.2, -0.15) is 0 Å². The average molecular weight is 278 g/mol. The Kier molecular flexibility index (Phi) is 2.70. The van der Waals surface area contributed by atoms with Gasteiger partial charge in [-0.25, -0.2) is 4.52 Å². The molecule has 3 heterocycles. The van der Waals surface area contributed by atoms with Gasteiger partial charge < -0.3 is 4.57 Å². The SMILES string of the molecule is CCCCn1c2ccccc2c2cc3cnnn3c(C)c21. The van der Waals surface area contributed by atoms with Crippen LogP contribution in [-0.4, -0.2) is 19.4 Å². The number of fused-ring (bicyclic) bond motifs is 4. The minimum Gasteiger partial charge on any atom is -0.339 e. The van der Waals surface area contributed by atoms with E-state index in [0.29, 0.717) is 0 Å². The highest BCUT2D eigenvalue weighted by Crippen LogP contribution is 2.32. The molecule has 4 nitrogen and oxygen atoms in total. The Labute approximate surface area is 123 Å². The fourth-order valence-corrected chi connectivity index (χ4v) is 3.27. The molecule has 0 spiro atoms. The van der Waals surface area contributed by atoms with Crippen LogP contribution >= 0.6 is 0 Å². The van der Waals surface area contributed by atoms with E-state index >= 15 is 0 Å². The average Bonchev–Trinajstić information content (AvgIpc) is 3.09. The molecule has 0 N–H and O–H groups in total. The molecule has 0 aliphatic rings. The van der Waals surface area contributed by atoms with Crippen LogP contribution in [0.5, 0.6) is 0 Å². The largest absolute Gasteiger partial charge is 0.339 e. The molecule has 0 unspecified atom stereocenters. The van der Waals surface area contributed by atoms with E-state index in [2.05, 4.69) is 59.1 Å². The lowest BCUT2D eigenvalue weighted by Crippen LogP contribution is -2.02. The van der Waals surface area contributed by atoms with Crippen LogP contribution < -0.4 is 0 Å². The number of nitrogens with zero attached hydrogens (tertiary/aromatic N) is 4. The monoisotopic (exact) mass is 278 g/mol. The van der Waals surface area contributed by atoms with Gasteiger partial charge in [-0.3, -0.25) is 0 Å². The second kappa shape index (κ2) is 4.58. The quantitative estimate of drug-likeness (QED) is 0.569. The van der Waals surface area contributed by atoms with Crippen molar-refractivity contribution < 1.29 is 0 Å². The Morgan fingerprint density at radius 3 is 2.86 bits per heavy atom. The van der Waals surface area contributed by atoms with Gasteiger partial charge in [0.15, 0.2) is 0 Å². The normalized spacial score (nSPS) is 11.9. The molecule has 0 saturated carbocycles. The summed E-state index contributed by atoms with van der Waals surface area (Å²) >= 11 is 0. The Bertz CT molecular complexity index is 946. The van der Waals surface area contributed by atoms with Crippen LogP contribution in [-0.2, 0) is 6.54 Å². The van der Waals surface area contributed by atoms with Gasteiger partial charge in [-0.15, -0.1) is 5.10 Å². The third kappa shape index (κ3) is 1.68.